The summed E-state index contributed by atoms with van der Waals surface area (Å²) in [4.78, 5) is 50.8. The fourth-order valence-corrected chi connectivity index (χ4v) is 9.70. The van der Waals surface area contributed by atoms with Gasteiger partial charge in [-0.2, -0.15) is 0 Å². The van der Waals surface area contributed by atoms with Crippen LogP contribution in [0.5, 0.6) is 0 Å². The van der Waals surface area contributed by atoms with Gasteiger partial charge in [-0.3, -0.25) is 4.79 Å². The Morgan fingerprint density at radius 2 is 1.49 bits per heavy atom. The van der Waals surface area contributed by atoms with Crippen molar-refractivity contribution in [1.29, 1.82) is 0 Å². The summed E-state index contributed by atoms with van der Waals surface area (Å²) in [6, 6.07) is 17.4. The molecular formula is C45H60O12. The van der Waals surface area contributed by atoms with Crippen LogP contribution in [0, 0.1) is 23.7 Å². The van der Waals surface area contributed by atoms with Gasteiger partial charge in [-0.15, -0.1) is 0 Å². The van der Waals surface area contributed by atoms with Crippen LogP contribution in [0.25, 0.3) is 0 Å². The molecule has 312 valence electrons. The van der Waals surface area contributed by atoms with Crippen LogP contribution in [0.3, 0.4) is 0 Å². The first-order chi connectivity index (χ1) is 27.5. The lowest BCUT2D eigenvalue weighted by Crippen LogP contribution is -2.70. The average molecular weight is 793 g/mol. The molecular weight excluding hydrogens is 732 g/mol. The number of hydrogen-bond acceptors (Lipinski definition) is 12. The number of rotatable bonds is 15. The zero-order valence-corrected chi connectivity index (χ0v) is 34.0. The molecule has 1 spiro atoms. The van der Waals surface area contributed by atoms with E-state index < -0.39 is 54.2 Å². The third-order valence-corrected chi connectivity index (χ3v) is 13.0. The molecule has 0 radical (unpaired) electrons. The van der Waals surface area contributed by atoms with Gasteiger partial charge in [0.05, 0.1) is 36.0 Å². The van der Waals surface area contributed by atoms with E-state index in [2.05, 4.69) is 13.8 Å². The van der Waals surface area contributed by atoms with Gasteiger partial charge in [0, 0.05) is 25.2 Å². The molecule has 6 aliphatic rings. The monoisotopic (exact) mass is 792 g/mol. The maximum absolute atomic E-state index is 13.1. The van der Waals surface area contributed by atoms with Crippen molar-refractivity contribution in [3.8, 4) is 0 Å². The third kappa shape index (κ3) is 9.42. The lowest BCUT2D eigenvalue weighted by Gasteiger charge is -2.60. The van der Waals surface area contributed by atoms with E-state index in [0.29, 0.717) is 55.3 Å². The van der Waals surface area contributed by atoms with Gasteiger partial charge in [0.15, 0.2) is 24.3 Å². The molecule has 13 atom stereocenters. The van der Waals surface area contributed by atoms with E-state index in [0.717, 1.165) is 38.5 Å². The molecule has 0 amide bonds. The highest BCUT2D eigenvalue weighted by Crippen LogP contribution is 2.60. The van der Waals surface area contributed by atoms with Gasteiger partial charge in [0.25, 0.3) is 0 Å². The highest BCUT2D eigenvalue weighted by Gasteiger charge is 2.69. The molecule has 0 N–H and O–H groups in total. The highest BCUT2D eigenvalue weighted by molar-refractivity contribution is 5.90. The first kappa shape index (κ1) is 41.8. The van der Waals surface area contributed by atoms with Crippen molar-refractivity contribution in [2.45, 2.75) is 160 Å². The van der Waals surface area contributed by atoms with Crippen molar-refractivity contribution >= 4 is 17.9 Å². The standard InChI is InChI=1S/C45H60O12/c1-28-22-23-35-30(3)36(54-43-45(35)34(28)24-25-44(5,55-43)56-57-45)20-14-26-49-39(46)21-13-12-15-29(2)50-42-38(53-41(48)33-18-10-7-11-19-33)27-37(31(4)51-42)52-40(47)32-16-8-6-9-17-32/h6-11,16-19,28-31,34-38,42-43H,12-15,20-27H2,1-5H3/t28-,29+,30-,31+,34+,35+,36-,37-,38?,42-,43?,44+,45-/m1/s1. The topological polar surface area (TPSA) is 134 Å². The molecule has 2 aromatic rings. The van der Waals surface area contributed by atoms with E-state index in [1.54, 1.807) is 48.5 Å². The van der Waals surface area contributed by atoms with Crippen molar-refractivity contribution in [2.24, 2.45) is 23.7 Å². The summed E-state index contributed by atoms with van der Waals surface area (Å²) in [5.74, 6) is -0.615. The van der Waals surface area contributed by atoms with E-state index >= 15 is 0 Å². The summed E-state index contributed by atoms with van der Waals surface area (Å²) < 4.78 is 43.0. The van der Waals surface area contributed by atoms with Gasteiger partial charge >= 0.3 is 17.9 Å². The number of hydrogen-bond donors (Lipinski definition) is 0. The molecule has 5 saturated heterocycles. The second-order valence-corrected chi connectivity index (χ2v) is 17.1. The molecule has 1 aliphatic carbocycles. The average Bonchev–Trinajstić information content (AvgIpc) is 3.44. The number of unbranched alkanes of at least 4 members (excludes halogenated alkanes) is 1. The zero-order chi connectivity index (χ0) is 40.2. The number of carbonyl (C=O) groups is 3. The normalized spacial score (nSPS) is 36.3. The summed E-state index contributed by atoms with van der Waals surface area (Å²) >= 11 is 0. The van der Waals surface area contributed by atoms with Gasteiger partial charge in [0.1, 0.15) is 6.10 Å². The second-order valence-electron chi connectivity index (χ2n) is 17.1. The number of esters is 3. The van der Waals surface area contributed by atoms with E-state index in [-0.39, 0.29) is 36.4 Å². The Morgan fingerprint density at radius 3 is 2.19 bits per heavy atom. The third-order valence-electron chi connectivity index (χ3n) is 13.0. The quantitative estimate of drug-likeness (QED) is 0.0747. The van der Waals surface area contributed by atoms with Gasteiger partial charge in [-0.05, 0) is 108 Å². The van der Waals surface area contributed by atoms with Crippen LogP contribution in [0.4, 0.5) is 0 Å². The smallest absolute Gasteiger partial charge is 0.338 e. The number of benzene rings is 2. The Hall–Kier alpha value is -3.39. The van der Waals surface area contributed by atoms with Crippen molar-refractivity contribution in [1.82, 2.24) is 0 Å². The number of carbonyl (C=O) groups excluding carboxylic acids is 3. The second kappa shape index (κ2) is 18.3. The van der Waals surface area contributed by atoms with E-state index in [1.165, 1.54) is 0 Å². The van der Waals surface area contributed by atoms with Gasteiger partial charge in [-0.1, -0.05) is 56.7 Å². The minimum atomic E-state index is -0.864. The first-order valence-corrected chi connectivity index (χ1v) is 21.1. The minimum absolute atomic E-state index is 0.0146. The largest absolute Gasteiger partial charge is 0.466 e. The van der Waals surface area contributed by atoms with Crippen LogP contribution >= 0.6 is 0 Å². The Bertz CT molecular complexity index is 1660. The predicted molar refractivity (Wildman–Crippen MR) is 206 cm³/mol. The van der Waals surface area contributed by atoms with Crippen molar-refractivity contribution in [3.63, 3.8) is 0 Å². The molecule has 0 aromatic heterocycles. The van der Waals surface area contributed by atoms with Gasteiger partial charge < -0.3 is 33.2 Å². The SMILES string of the molecule is C[C@H]1[C@@H](CCCOC(=O)CCCC[C@H](C)O[C@@H]2O[C@@H](C)[C@H](OC(=O)c3ccccc3)CC2OC(=O)c2ccccc2)OC2O[C@]3(C)CC[C@H]4[C@H](C)CC[C@@H]1[C@@]24OO3. The molecule has 12 nitrogen and oxygen atoms in total. The van der Waals surface area contributed by atoms with Crippen LogP contribution < -0.4 is 0 Å². The molecule has 57 heavy (non-hydrogen) atoms. The van der Waals surface area contributed by atoms with Crippen LogP contribution in [0.2, 0.25) is 0 Å². The molecule has 8 rings (SSSR count). The predicted octanol–water partition coefficient (Wildman–Crippen LogP) is 8.11. The highest BCUT2D eigenvalue weighted by atomic mass is 17.3. The molecule has 2 aromatic carbocycles. The van der Waals surface area contributed by atoms with Crippen LogP contribution in [-0.2, 0) is 47.7 Å². The van der Waals surface area contributed by atoms with E-state index in [9.17, 15) is 14.4 Å². The fourth-order valence-electron chi connectivity index (χ4n) is 9.70. The van der Waals surface area contributed by atoms with Crippen LogP contribution in [0.1, 0.15) is 126 Å². The maximum Gasteiger partial charge on any atom is 0.338 e. The Labute approximate surface area is 336 Å². The zero-order valence-electron chi connectivity index (χ0n) is 34.0. The van der Waals surface area contributed by atoms with Crippen molar-refractivity contribution in [2.75, 3.05) is 6.61 Å². The van der Waals surface area contributed by atoms with Gasteiger partial charge in [-0.25, -0.2) is 19.4 Å². The first-order valence-electron chi connectivity index (χ1n) is 21.1. The van der Waals surface area contributed by atoms with Gasteiger partial charge in [0.2, 0.25) is 5.79 Å². The van der Waals surface area contributed by atoms with Crippen molar-refractivity contribution in [3.05, 3.63) is 71.8 Å². The number of fused-ring (bicyclic) bond motifs is 2. The summed E-state index contributed by atoms with van der Waals surface area (Å²) in [7, 11) is 0. The van der Waals surface area contributed by atoms with Crippen LogP contribution in [0.15, 0.2) is 60.7 Å². The Morgan fingerprint density at radius 1 is 0.807 bits per heavy atom. The molecule has 2 bridgehead atoms. The summed E-state index contributed by atoms with van der Waals surface area (Å²) in [6.45, 7) is 10.6. The Balaban J connectivity index is 0.838. The van der Waals surface area contributed by atoms with Crippen LogP contribution in [-0.4, -0.2) is 79.0 Å². The summed E-state index contributed by atoms with van der Waals surface area (Å²) in [6.07, 6.45) is 4.46. The van der Waals surface area contributed by atoms with E-state index in [1.807, 2.05) is 32.9 Å². The molecule has 5 aliphatic heterocycles. The molecule has 2 unspecified atom stereocenters. The minimum Gasteiger partial charge on any atom is -0.466 e. The lowest BCUT2D eigenvalue weighted by molar-refractivity contribution is -0.571. The molecule has 6 fully saturated rings. The fraction of sp³-hybridized carbons (Fsp3) is 0.667. The Kier molecular flexibility index (Phi) is 13.4. The molecule has 1 saturated carbocycles. The maximum atomic E-state index is 13.1. The van der Waals surface area contributed by atoms with Crippen molar-refractivity contribution < 1.29 is 57.3 Å². The molecule has 12 heteroatoms. The summed E-state index contributed by atoms with van der Waals surface area (Å²) in [5, 5.41) is 0. The number of ether oxygens (including phenoxy) is 7. The summed E-state index contributed by atoms with van der Waals surface area (Å²) in [5.41, 5.74) is 0.254. The van der Waals surface area contributed by atoms with E-state index in [4.69, 9.17) is 42.9 Å². The molecule has 5 heterocycles. The lowest BCUT2D eigenvalue weighted by atomic mass is 9.57.